The first kappa shape index (κ1) is 16.2. The molecule has 0 unspecified atom stereocenters. The van der Waals surface area contributed by atoms with Crippen molar-refractivity contribution in [3.05, 3.63) is 23.8 Å². The molecule has 0 amide bonds. The van der Waals surface area contributed by atoms with Crippen LogP contribution in [0.4, 0.5) is 5.69 Å². The van der Waals surface area contributed by atoms with Crippen molar-refractivity contribution in [2.45, 2.75) is 63.8 Å². The molecule has 1 aliphatic carbocycles. The highest BCUT2D eigenvalue weighted by atomic mass is 16.5. The Morgan fingerprint density at radius 3 is 2.52 bits per heavy atom. The molecule has 0 spiro atoms. The predicted octanol–water partition coefficient (Wildman–Crippen LogP) is 3.91. The van der Waals surface area contributed by atoms with Crippen LogP contribution in [0.1, 0.15) is 56.9 Å². The number of hydrogen-bond donors (Lipinski definition) is 2. The van der Waals surface area contributed by atoms with Gasteiger partial charge in [-0.15, -0.1) is 0 Å². The average Bonchev–Trinajstić information content (AvgIpc) is 2.45. The summed E-state index contributed by atoms with van der Waals surface area (Å²) >= 11 is 0. The molecule has 2 rings (SSSR count). The first-order valence-electron chi connectivity index (χ1n) is 8.45. The normalized spacial score (nSPS) is 17.2. The van der Waals surface area contributed by atoms with Crippen molar-refractivity contribution in [3.8, 4) is 5.75 Å². The smallest absolute Gasteiger partial charge is 0.141 e. The molecule has 3 N–H and O–H groups in total. The van der Waals surface area contributed by atoms with Crippen LogP contribution in [0.5, 0.6) is 5.75 Å². The summed E-state index contributed by atoms with van der Waals surface area (Å²) in [5, 5.41) is 3.74. The molecular formula is C18H30N2O. The highest BCUT2D eigenvalue weighted by molar-refractivity contribution is 5.54. The molecule has 1 aliphatic rings. The molecule has 118 valence electrons. The fourth-order valence-corrected chi connectivity index (χ4v) is 3.20. The maximum atomic E-state index is 5.94. The van der Waals surface area contributed by atoms with Gasteiger partial charge in [0.1, 0.15) is 5.75 Å². The van der Waals surface area contributed by atoms with Gasteiger partial charge in [-0.25, -0.2) is 0 Å². The van der Waals surface area contributed by atoms with Gasteiger partial charge >= 0.3 is 0 Å². The van der Waals surface area contributed by atoms with E-state index >= 15 is 0 Å². The Morgan fingerprint density at radius 1 is 1.14 bits per heavy atom. The summed E-state index contributed by atoms with van der Waals surface area (Å²) in [6, 6.07) is 6.86. The number of rotatable bonds is 6. The van der Waals surface area contributed by atoms with Crippen LogP contribution >= 0.6 is 0 Å². The lowest BCUT2D eigenvalue weighted by Gasteiger charge is -2.21. The number of methoxy groups -OCH3 is 1. The van der Waals surface area contributed by atoms with Crippen LogP contribution in [0.2, 0.25) is 0 Å². The van der Waals surface area contributed by atoms with Crippen LogP contribution in [-0.4, -0.2) is 19.7 Å². The number of aryl methyl sites for hydroxylation is 1. The van der Waals surface area contributed by atoms with Gasteiger partial charge in [-0.1, -0.05) is 38.2 Å². The van der Waals surface area contributed by atoms with Gasteiger partial charge in [0.2, 0.25) is 0 Å². The summed E-state index contributed by atoms with van der Waals surface area (Å²) in [7, 11) is 1.66. The van der Waals surface area contributed by atoms with Crippen LogP contribution in [0, 0.1) is 0 Å². The largest absolute Gasteiger partial charge is 0.495 e. The van der Waals surface area contributed by atoms with Crippen molar-refractivity contribution in [1.29, 1.82) is 0 Å². The SMILES string of the molecule is COc1ccc(CCCNC2CCCCCCC2)cc1N. The number of nitrogens with one attached hydrogen (secondary N) is 1. The van der Waals surface area contributed by atoms with Crippen LogP contribution in [0.15, 0.2) is 18.2 Å². The van der Waals surface area contributed by atoms with E-state index in [4.69, 9.17) is 10.5 Å². The third-order valence-electron chi connectivity index (χ3n) is 4.47. The maximum Gasteiger partial charge on any atom is 0.141 e. The van der Waals surface area contributed by atoms with Gasteiger partial charge in [-0.3, -0.25) is 0 Å². The van der Waals surface area contributed by atoms with Crippen LogP contribution in [0.3, 0.4) is 0 Å². The number of anilines is 1. The van der Waals surface area contributed by atoms with Gasteiger partial charge in [0.15, 0.2) is 0 Å². The zero-order valence-electron chi connectivity index (χ0n) is 13.4. The predicted molar refractivity (Wildman–Crippen MR) is 89.8 cm³/mol. The number of ether oxygens (including phenoxy) is 1. The first-order chi connectivity index (χ1) is 10.3. The summed E-state index contributed by atoms with van der Waals surface area (Å²) in [5.74, 6) is 0.770. The van der Waals surface area contributed by atoms with Gasteiger partial charge in [-0.05, 0) is 49.9 Å². The molecule has 1 aromatic carbocycles. The summed E-state index contributed by atoms with van der Waals surface area (Å²) in [4.78, 5) is 0. The zero-order chi connectivity index (χ0) is 14.9. The Hall–Kier alpha value is -1.22. The number of nitrogens with two attached hydrogens (primary N) is 1. The summed E-state index contributed by atoms with van der Waals surface area (Å²) < 4.78 is 5.19. The average molecular weight is 290 g/mol. The molecule has 0 heterocycles. The van der Waals surface area contributed by atoms with Gasteiger partial charge < -0.3 is 15.8 Å². The van der Waals surface area contributed by atoms with Gasteiger partial charge in [0.05, 0.1) is 12.8 Å². The molecule has 0 bridgehead atoms. The fraction of sp³-hybridized carbons (Fsp3) is 0.667. The molecule has 1 fully saturated rings. The molecule has 3 heteroatoms. The maximum absolute atomic E-state index is 5.94. The van der Waals surface area contributed by atoms with E-state index in [2.05, 4.69) is 11.4 Å². The fourth-order valence-electron chi connectivity index (χ4n) is 3.20. The monoisotopic (exact) mass is 290 g/mol. The minimum atomic E-state index is 0.739. The molecule has 21 heavy (non-hydrogen) atoms. The standard InChI is InChI=1S/C18H30N2O/c1-21-18-12-11-15(14-17(18)19)8-7-13-20-16-9-5-3-2-4-6-10-16/h11-12,14,16,20H,2-10,13,19H2,1H3. The van der Waals surface area contributed by atoms with Gasteiger partial charge in [0, 0.05) is 6.04 Å². The number of nitrogen functional groups attached to an aromatic ring is 1. The lowest BCUT2D eigenvalue weighted by Crippen LogP contribution is -2.30. The summed E-state index contributed by atoms with van der Waals surface area (Å²) in [6.07, 6.45) is 12.0. The Balaban J connectivity index is 1.67. The highest BCUT2D eigenvalue weighted by Crippen LogP contribution is 2.22. The first-order valence-corrected chi connectivity index (χ1v) is 8.45. The van der Waals surface area contributed by atoms with Crippen molar-refractivity contribution in [2.75, 3.05) is 19.4 Å². The Kier molecular flexibility index (Phi) is 6.87. The lowest BCUT2D eigenvalue weighted by atomic mass is 9.96. The third-order valence-corrected chi connectivity index (χ3v) is 4.47. The molecule has 3 nitrogen and oxygen atoms in total. The summed E-state index contributed by atoms with van der Waals surface area (Å²) in [6.45, 7) is 1.11. The quantitative estimate of drug-likeness (QED) is 0.617. The van der Waals surface area contributed by atoms with Crippen molar-refractivity contribution < 1.29 is 4.74 Å². The van der Waals surface area contributed by atoms with Gasteiger partial charge in [-0.2, -0.15) is 0 Å². The molecule has 0 atom stereocenters. The van der Waals surface area contributed by atoms with E-state index in [1.807, 2.05) is 12.1 Å². The van der Waals surface area contributed by atoms with Crippen LogP contribution in [-0.2, 0) is 6.42 Å². The highest BCUT2D eigenvalue weighted by Gasteiger charge is 2.10. The molecule has 0 aliphatic heterocycles. The minimum absolute atomic E-state index is 0.739. The second-order valence-electron chi connectivity index (χ2n) is 6.18. The van der Waals surface area contributed by atoms with Crippen molar-refractivity contribution in [2.24, 2.45) is 0 Å². The van der Waals surface area contributed by atoms with E-state index in [9.17, 15) is 0 Å². The van der Waals surface area contributed by atoms with Crippen LogP contribution < -0.4 is 15.8 Å². The second kappa shape index (κ2) is 8.93. The minimum Gasteiger partial charge on any atom is -0.495 e. The number of hydrogen-bond acceptors (Lipinski definition) is 3. The topological polar surface area (TPSA) is 47.3 Å². The summed E-state index contributed by atoms with van der Waals surface area (Å²) in [5.41, 5.74) is 7.98. The Labute approximate surface area is 129 Å². The number of benzene rings is 1. The van der Waals surface area contributed by atoms with Crippen molar-refractivity contribution >= 4 is 5.69 Å². The van der Waals surface area contributed by atoms with E-state index in [1.165, 1.54) is 56.9 Å². The second-order valence-corrected chi connectivity index (χ2v) is 6.18. The lowest BCUT2D eigenvalue weighted by molar-refractivity contribution is 0.388. The van der Waals surface area contributed by atoms with E-state index in [-0.39, 0.29) is 0 Å². The zero-order valence-corrected chi connectivity index (χ0v) is 13.4. The molecule has 1 saturated carbocycles. The van der Waals surface area contributed by atoms with Crippen molar-refractivity contribution in [3.63, 3.8) is 0 Å². The van der Waals surface area contributed by atoms with E-state index in [1.54, 1.807) is 7.11 Å². The van der Waals surface area contributed by atoms with E-state index < -0.39 is 0 Å². The van der Waals surface area contributed by atoms with Gasteiger partial charge in [0.25, 0.3) is 0 Å². The molecule has 0 radical (unpaired) electrons. The molecule has 0 saturated heterocycles. The van der Waals surface area contributed by atoms with E-state index in [0.29, 0.717) is 0 Å². The Morgan fingerprint density at radius 2 is 1.86 bits per heavy atom. The van der Waals surface area contributed by atoms with Crippen molar-refractivity contribution in [1.82, 2.24) is 5.32 Å². The third kappa shape index (κ3) is 5.58. The van der Waals surface area contributed by atoms with E-state index in [0.717, 1.165) is 30.4 Å². The Bertz CT molecular complexity index is 412. The molecule has 1 aromatic rings. The molecule has 0 aromatic heterocycles. The van der Waals surface area contributed by atoms with Crippen LogP contribution in [0.25, 0.3) is 0 Å². The molecular weight excluding hydrogens is 260 g/mol.